The topological polar surface area (TPSA) is 80.0 Å². The third kappa shape index (κ3) is 3.44. The van der Waals surface area contributed by atoms with E-state index >= 15 is 0 Å². The van der Waals surface area contributed by atoms with E-state index in [4.69, 9.17) is 0 Å². The summed E-state index contributed by atoms with van der Waals surface area (Å²) in [6.07, 6.45) is 5.01. The Morgan fingerprint density at radius 3 is 2.70 bits per heavy atom. The zero-order chi connectivity index (χ0) is 16.1. The standard InChI is InChI=1S/C17H16N4O2/c22-11-15(13-5-2-1-3-6-13)20-17(23)14-7-4-8-16(19-14)21-10-9-18-12-21/h1-10,12,15,22H,11H2,(H,20,23). The largest absolute Gasteiger partial charge is 0.394 e. The highest BCUT2D eigenvalue weighted by atomic mass is 16.3. The molecule has 23 heavy (non-hydrogen) atoms. The molecule has 0 spiro atoms. The molecule has 0 fully saturated rings. The molecule has 0 saturated carbocycles. The van der Waals surface area contributed by atoms with E-state index < -0.39 is 6.04 Å². The molecule has 0 saturated heterocycles. The van der Waals surface area contributed by atoms with Gasteiger partial charge in [-0.15, -0.1) is 0 Å². The molecule has 1 aromatic carbocycles. The molecule has 2 N–H and O–H groups in total. The lowest BCUT2D eigenvalue weighted by molar-refractivity contribution is 0.0911. The van der Waals surface area contributed by atoms with Crippen LogP contribution in [0.3, 0.4) is 0 Å². The lowest BCUT2D eigenvalue weighted by atomic mass is 10.1. The van der Waals surface area contributed by atoms with E-state index in [-0.39, 0.29) is 18.2 Å². The highest BCUT2D eigenvalue weighted by Gasteiger charge is 2.16. The Kier molecular flexibility index (Phi) is 4.44. The molecule has 0 aliphatic rings. The molecule has 2 aromatic heterocycles. The van der Waals surface area contributed by atoms with Gasteiger partial charge >= 0.3 is 0 Å². The van der Waals surface area contributed by atoms with Crippen molar-refractivity contribution in [2.45, 2.75) is 6.04 Å². The summed E-state index contributed by atoms with van der Waals surface area (Å²) >= 11 is 0. The molecule has 116 valence electrons. The number of nitrogens with zero attached hydrogens (tertiary/aromatic N) is 3. The second-order valence-corrected chi connectivity index (χ2v) is 4.97. The molecule has 3 aromatic rings. The number of carbonyl (C=O) groups excluding carboxylic acids is 1. The first-order valence-corrected chi connectivity index (χ1v) is 7.20. The molecular formula is C17H16N4O2. The molecule has 2 heterocycles. The number of hydrogen-bond acceptors (Lipinski definition) is 4. The van der Waals surface area contributed by atoms with E-state index in [0.29, 0.717) is 5.82 Å². The zero-order valence-electron chi connectivity index (χ0n) is 12.3. The predicted octanol–water partition coefficient (Wildman–Crippen LogP) is 1.73. The van der Waals surface area contributed by atoms with Crippen molar-refractivity contribution in [2.75, 3.05) is 6.61 Å². The van der Waals surface area contributed by atoms with Crippen LogP contribution in [0.25, 0.3) is 5.82 Å². The number of nitrogens with one attached hydrogen (secondary N) is 1. The minimum absolute atomic E-state index is 0.184. The normalized spacial score (nSPS) is 11.9. The Balaban J connectivity index is 1.79. The van der Waals surface area contributed by atoms with Gasteiger partial charge in [0.15, 0.2) is 0 Å². The van der Waals surface area contributed by atoms with Gasteiger partial charge in [0, 0.05) is 12.4 Å². The van der Waals surface area contributed by atoms with Gasteiger partial charge in [0.05, 0.1) is 12.6 Å². The molecule has 3 rings (SSSR count). The first kappa shape index (κ1) is 14.9. The third-order valence-electron chi connectivity index (χ3n) is 3.43. The van der Waals surface area contributed by atoms with Crippen LogP contribution in [0.2, 0.25) is 0 Å². The fourth-order valence-electron chi connectivity index (χ4n) is 2.24. The molecule has 6 heteroatoms. The van der Waals surface area contributed by atoms with E-state index in [1.807, 2.05) is 30.3 Å². The summed E-state index contributed by atoms with van der Waals surface area (Å²) in [7, 11) is 0. The summed E-state index contributed by atoms with van der Waals surface area (Å²) in [4.78, 5) is 20.7. The monoisotopic (exact) mass is 308 g/mol. The fraction of sp³-hybridized carbons (Fsp3) is 0.118. The molecule has 0 aliphatic carbocycles. The van der Waals surface area contributed by atoms with Gasteiger partial charge in [0.25, 0.3) is 5.91 Å². The van der Waals surface area contributed by atoms with Crippen LogP contribution in [0.1, 0.15) is 22.1 Å². The first-order valence-electron chi connectivity index (χ1n) is 7.20. The van der Waals surface area contributed by atoms with Crippen molar-refractivity contribution in [3.05, 3.63) is 78.5 Å². The second-order valence-electron chi connectivity index (χ2n) is 4.97. The van der Waals surface area contributed by atoms with Crippen LogP contribution in [0.15, 0.2) is 67.3 Å². The number of aliphatic hydroxyl groups excluding tert-OH is 1. The van der Waals surface area contributed by atoms with Gasteiger partial charge in [-0.2, -0.15) is 0 Å². The summed E-state index contributed by atoms with van der Waals surface area (Å²) in [5.74, 6) is 0.269. The Morgan fingerprint density at radius 2 is 2.00 bits per heavy atom. The molecule has 1 amide bonds. The Bertz CT molecular complexity index is 772. The predicted molar refractivity (Wildman–Crippen MR) is 85.1 cm³/mol. The Hall–Kier alpha value is -2.99. The van der Waals surface area contributed by atoms with Crippen molar-refractivity contribution >= 4 is 5.91 Å². The van der Waals surface area contributed by atoms with Crippen molar-refractivity contribution in [1.29, 1.82) is 0 Å². The average Bonchev–Trinajstić information content (AvgIpc) is 3.15. The lowest BCUT2D eigenvalue weighted by Crippen LogP contribution is -2.31. The maximum absolute atomic E-state index is 12.4. The minimum Gasteiger partial charge on any atom is -0.394 e. The summed E-state index contributed by atoms with van der Waals surface area (Å²) in [5.41, 5.74) is 1.12. The highest BCUT2D eigenvalue weighted by molar-refractivity contribution is 5.92. The fourth-order valence-corrected chi connectivity index (χ4v) is 2.24. The molecule has 0 aliphatic heterocycles. The number of imidazole rings is 1. The number of hydrogen-bond donors (Lipinski definition) is 2. The quantitative estimate of drug-likeness (QED) is 0.752. The van der Waals surface area contributed by atoms with Crippen LogP contribution in [-0.4, -0.2) is 32.2 Å². The van der Waals surface area contributed by atoms with E-state index in [1.54, 1.807) is 41.5 Å². The Labute approximate surface area is 133 Å². The summed E-state index contributed by atoms with van der Waals surface area (Å²) in [5, 5.41) is 12.3. The number of aliphatic hydroxyl groups is 1. The second kappa shape index (κ2) is 6.85. The smallest absolute Gasteiger partial charge is 0.270 e. The van der Waals surface area contributed by atoms with Crippen molar-refractivity contribution in [1.82, 2.24) is 19.9 Å². The summed E-state index contributed by atoms with van der Waals surface area (Å²) < 4.78 is 1.72. The van der Waals surface area contributed by atoms with Gasteiger partial charge in [-0.05, 0) is 17.7 Å². The number of benzene rings is 1. The number of aromatic nitrogens is 3. The van der Waals surface area contributed by atoms with Gasteiger partial charge in [-0.1, -0.05) is 36.4 Å². The number of pyridine rings is 1. The maximum Gasteiger partial charge on any atom is 0.270 e. The number of amides is 1. The zero-order valence-corrected chi connectivity index (χ0v) is 12.3. The minimum atomic E-state index is -0.470. The highest BCUT2D eigenvalue weighted by Crippen LogP contribution is 2.13. The van der Waals surface area contributed by atoms with Crippen LogP contribution >= 0.6 is 0 Å². The van der Waals surface area contributed by atoms with Crippen LogP contribution in [-0.2, 0) is 0 Å². The molecule has 0 radical (unpaired) electrons. The van der Waals surface area contributed by atoms with Gasteiger partial charge in [-0.3, -0.25) is 9.36 Å². The number of rotatable bonds is 5. The van der Waals surface area contributed by atoms with Gasteiger partial charge in [0.1, 0.15) is 17.8 Å². The Morgan fingerprint density at radius 1 is 1.17 bits per heavy atom. The molecule has 6 nitrogen and oxygen atoms in total. The van der Waals surface area contributed by atoms with Crippen LogP contribution < -0.4 is 5.32 Å². The van der Waals surface area contributed by atoms with Gasteiger partial charge in [0.2, 0.25) is 0 Å². The number of carbonyl (C=O) groups is 1. The third-order valence-corrected chi connectivity index (χ3v) is 3.43. The molecule has 1 atom stereocenters. The lowest BCUT2D eigenvalue weighted by Gasteiger charge is -2.16. The van der Waals surface area contributed by atoms with E-state index in [1.165, 1.54) is 0 Å². The molecule has 0 bridgehead atoms. The van der Waals surface area contributed by atoms with E-state index in [2.05, 4.69) is 15.3 Å². The van der Waals surface area contributed by atoms with Crippen molar-refractivity contribution in [2.24, 2.45) is 0 Å². The van der Waals surface area contributed by atoms with Crippen LogP contribution in [0.4, 0.5) is 0 Å². The van der Waals surface area contributed by atoms with Gasteiger partial charge < -0.3 is 10.4 Å². The summed E-state index contributed by atoms with van der Waals surface area (Å²) in [6, 6.07) is 14.0. The molecular weight excluding hydrogens is 292 g/mol. The van der Waals surface area contributed by atoms with Crippen LogP contribution in [0.5, 0.6) is 0 Å². The SMILES string of the molecule is O=C(NC(CO)c1ccccc1)c1cccc(-n2ccnc2)n1. The average molecular weight is 308 g/mol. The van der Waals surface area contributed by atoms with Crippen LogP contribution in [0, 0.1) is 0 Å². The first-order chi connectivity index (χ1) is 11.3. The van der Waals surface area contributed by atoms with E-state index in [0.717, 1.165) is 5.56 Å². The van der Waals surface area contributed by atoms with Crippen molar-refractivity contribution < 1.29 is 9.90 Å². The maximum atomic E-state index is 12.4. The summed E-state index contributed by atoms with van der Waals surface area (Å²) in [6.45, 7) is -0.184. The van der Waals surface area contributed by atoms with Gasteiger partial charge in [-0.25, -0.2) is 9.97 Å². The molecule has 1 unspecified atom stereocenters. The van der Waals surface area contributed by atoms with Crippen molar-refractivity contribution in [3.8, 4) is 5.82 Å². The van der Waals surface area contributed by atoms with Crippen molar-refractivity contribution in [3.63, 3.8) is 0 Å². The van der Waals surface area contributed by atoms with E-state index in [9.17, 15) is 9.90 Å².